The second kappa shape index (κ2) is 3.57. The first-order valence-corrected chi connectivity index (χ1v) is 5.81. The summed E-state index contributed by atoms with van der Waals surface area (Å²) in [6.45, 7) is 1.67. The minimum atomic E-state index is -0.258. The number of para-hydroxylation sites is 4. The zero-order valence-corrected chi connectivity index (χ0v) is 9.54. The average Bonchev–Trinajstić information content (AvgIpc) is 3.02. The van der Waals surface area contributed by atoms with Gasteiger partial charge in [-0.05, 0) is 24.3 Å². The van der Waals surface area contributed by atoms with E-state index in [1.807, 2.05) is 53.4 Å². The summed E-state index contributed by atoms with van der Waals surface area (Å²) in [6.07, 6.45) is -0.258. The van der Waals surface area contributed by atoms with E-state index in [9.17, 15) is 0 Å². The Kier molecular flexibility index (Phi) is 1.91. The Morgan fingerprint density at radius 1 is 0.944 bits per heavy atom. The maximum Gasteiger partial charge on any atom is 0.254 e. The van der Waals surface area contributed by atoms with Gasteiger partial charge in [-0.2, -0.15) is 0 Å². The summed E-state index contributed by atoms with van der Waals surface area (Å²) >= 11 is 0. The van der Waals surface area contributed by atoms with Crippen LogP contribution in [0.2, 0.25) is 0 Å². The molecule has 2 aliphatic heterocycles. The lowest BCUT2D eigenvalue weighted by Gasteiger charge is -2.22. The molecule has 0 saturated heterocycles. The molecule has 1 N–H and O–H groups in total. The van der Waals surface area contributed by atoms with E-state index >= 15 is 0 Å². The molecule has 2 heterocycles. The molecular weight excluding hydrogens is 228 g/mol. The molecule has 0 aromatic heterocycles. The van der Waals surface area contributed by atoms with Gasteiger partial charge in [0.25, 0.3) is 6.35 Å². The number of rotatable bonds is 1. The van der Waals surface area contributed by atoms with Gasteiger partial charge in [0.05, 0.1) is 11.4 Å². The quantitative estimate of drug-likeness (QED) is 0.829. The van der Waals surface area contributed by atoms with Gasteiger partial charge in [0, 0.05) is 0 Å². The van der Waals surface area contributed by atoms with Crippen molar-refractivity contribution >= 4 is 11.4 Å². The third-order valence-electron chi connectivity index (χ3n) is 3.09. The van der Waals surface area contributed by atoms with Crippen molar-refractivity contribution in [1.82, 2.24) is 0 Å². The zero-order chi connectivity index (χ0) is 11.9. The van der Waals surface area contributed by atoms with Gasteiger partial charge in [0.15, 0.2) is 0 Å². The van der Waals surface area contributed by atoms with E-state index in [-0.39, 0.29) is 6.35 Å². The van der Waals surface area contributed by atoms with Gasteiger partial charge in [0.1, 0.15) is 11.5 Å². The van der Waals surface area contributed by atoms with Crippen LogP contribution in [0.4, 0.5) is 11.4 Å². The van der Waals surface area contributed by atoms with Crippen LogP contribution >= 0.6 is 0 Å². The highest BCUT2D eigenvalue weighted by Crippen LogP contribution is 2.40. The fourth-order valence-electron chi connectivity index (χ4n) is 2.22. The van der Waals surface area contributed by atoms with Gasteiger partial charge in [-0.25, -0.2) is 0 Å². The second-order valence-electron chi connectivity index (χ2n) is 4.21. The Labute approximate surface area is 105 Å². The Morgan fingerprint density at radius 3 is 2.61 bits per heavy atom. The molecule has 18 heavy (non-hydrogen) atoms. The summed E-state index contributed by atoms with van der Waals surface area (Å²) in [5, 5.41) is 3.31. The minimum absolute atomic E-state index is 0.258. The number of hydrogen-bond donors (Lipinski definition) is 1. The van der Waals surface area contributed by atoms with Gasteiger partial charge in [-0.15, -0.1) is 0 Å². The fourth-order valence-corrected chi connectivity index (χ4v) is 2.22. The third-order valence-corrected chi connectivity index (χ3v) is 3.09. The van der Waals surface area contributed by atoms with Crippen LogP contribution < -0.4 is 19.7 Å². The van der Waals surface area contributed by atoms with Crippen LogP contribution in [0.25, 0.3) is 0 Å². The molecule has 0 fully saturated rings. The smallest absolute Gasteiger partial charge is 0.254 e. The summed E-state index contributed by atoms with van der Waals surface area (Å²) in [5.74, 6) is 1.71. The third kappa shape index (κ3) is 1.32. The molecule has 2 aromatic carbocycles. The van der Waals surface area contributed by atoms with Crippen molar-refractivity contribution in [3.63, 3.8) is 0 Å². The van der Waals surface area contributed by atoms with Gasteiger partial charge in [-0.1, -0.05) is 24.3 Å². The van der Waals surface area contributed by atoms with Crippen LogP contribution in [0, 0.1) is 6.73 Å². The lowest BCUT2D eigenvalue weighted by molar-refractivity contribution is 0.241. The predicted octanol–water partition coefficient (Wildman–Crippen LogP) is 2.79. The van der Waals surface area contributed by atoms with Crippen LogP contribution in [0.1, 0.15) is 0 Å². The largest absolute Gasteiger partial charge is 0.462 e. The van der Waals surface area contributed by atoms with Crippen LogP contribution in [0.5, 0.6) is 11.5 Å². The van der Waals surface area contributed by atoms with E-state index in [0.717, 1.165) is 22.9 Å². The molecule has 4 heteroatoms. The van der Waals surface area contributed by atoms with Gasteiger partial charge in [0.2, 0.25) is 6.73 Å². The van der Waals surface area contributed by atoms with Gasteiger partial charge >= 0.3 is 0 Å². The molecule has 2 aliphatic rings. The summed E-state index contributed by atoms with van der Waals surface area (Å²) in [5.41, 5.74) is 2.00. The number of nitrogens with one attached hydrogen (secondary N) is 1. The average molecular weight is 239 g/mol. The first-order valence-electron chi connectivity index (χ1n) is 5.81. The standard InChI is InChI=1S/C14H11N2O2/c1-3-7-12-10(5-1)15-14(18-12)16-9-17-13-8-4-2-6-11(13)16/h1-9,14-15H. The second-order valence-corrected chi connectivity index (χ2v) is 4.21. The molecule has 0 aliphatic carbocycles. The van der Waals surface area contributed by atoms with Crippen LogP contribution in [0.3, 0.4) is 0 Å². The first-order chi connectivity index (χ1) is 8.92. The molecule has 4 rings (SSSR count). The maximum absolute atomic E-state index is 5.85. The molecule has 0 spiro atoms. The highest BCUT2D eigenvalue weighted by Gasteiger charge is 2.33. The molecular formula is C14H11N2O2. The van der Waals surface area contributed by atoms with Gasteiger partial charge < -0.3 is 14.8 Å². The van der Waals surface area contributed by atoms with Crippen molar-refractivity contribution in [2.24, 2.45) is 0 Å². The van der Waals surface area contributed by atoms with Gasteiger partial charge in [-0.3, -0.25) is 4.90 Å². The molecule has 0 bridgehead atoms. The van der Waals surface area contributed by atoms with Crippen molar-refractivity contribution in [2.45, 2.75) is 6.35 Å². The number of anilines is 2. The SMILES string of the molecule is [CH]1Oc2ccccc2N1C1Nc2ccccc2O1. The molecule has 1 unspecified atom stereocenters. The predicted molar refractivity (Wildman–Crippen MR) is 68.3 cm³/mol. The molecule has 0 amide bonds. The molecule has 2 aromatic rings. The van der Waals surface area contributed by atoms with Crippen LogP contribution in [-0.4, -0.2) is 6.35 Å². The Bertz CT molecular complexity index is 575. The Morgan fingerprint density at radius 2 is 1.72 bits per heavy atom. The molecule has 0 saturated carbocycles. The van der Waals surface area contributed by atoms with Crippen molar-refractivity contribution in [3.8, 4) is 11.5 Å². The fraction of sp³-hybridized carbons (Fsp3) is 0.0714. The van der Waals surface area contributed by atoms with E-state index < -0.39 is 0 Å². The summed E-state index contributed by atoms with van der Waals surface area (Å²) in [6, 6.07) is 15.8. The normalized spacial score (nSPS) is 19.6. The lowest BCUT2D eigenvalue weighted by atomic mass is 10.3. The molecule has 4 nitrogen and oxygen atoms in total. The number of hydrogen-bond acceptors (Lipinski definition) is 4. The van der Waals surface area contributed by atoms with E-state index in [1.54, 1.807) is 6.73 Å². The first kappa shape index (κ1) is 9.65. The van der Waals surface area contributed by atoms with Crippen molar-refractivity contribution in [1.29, 1.82) is 0 Å². The maximum atomic E-state index is 5.85. The number of fused-ring (bicyclic) bond motifs is 2. The number of ether oxygens (including phenoxy) is 2. The Hall–Kier alpha value is -2.36. The van der Waals surface area contributed by atoms with E-state index in [2.05, 4.69) is 5.32 Å². The zero-order valence-electron chi connectivity index (χ0n) is 9.54. The van der Waals surface area contributed by atoms with E-state index in [0.29, 0.717) is 0 Å². The lowest BCUT2D eigenvalue weighted by Crippen LogP contribution is -2.39. The van der Waals surface area contributed by atoms with Crippen molar-refractivity contribution < 1.29 is 9.47 Å². The number of benzene rings is 2. The monoisotopic (exact) mass is 239 g/mol. The molecule has 1 atom stereocenters. The summed E-state index contributed by atoms with van der Waals surface area (Å²) in [4.78, 5) is 1.94. The van der Waals surface area contributed by atoms with Crippen molar-refractivity contribution in [2.75, 3.05) is 10.2 Å². The summed E-state index contributed by atoms with van der Waals surface area (Å²) < 4.78 is 11.4. The van der Waals surface area contributed by atoms with Crippen LogP contribution in [-0.2, 0) is 0 Å². The topological polar surface area (TPSA) is 33.7 Å². The Balaban J connectivity index is 1.65. The van der Waals surface area contributed by atoms with E-state index in [1.165, 1.54) is 0 Å². The highest BCUT2D eigenvalue weighted by atomic mass is 16.6. The summed E-state index contributed by atoms with van der Waals surface area (Å²) in [7, 11) is 0. The van der Waals surface area contributed by atoms with E-state index in [4.69, 9.17) is 9.47 Å². The number of nitrogens with zero attached hydrogens (tertiary/aromatic N) is 1. The molecule has 89 valence electrons. The molecule has 1 radical (unpaired) electrons. The minimum Gasteiger partial charge on any atom is -0.462 e. The van der Waals surface area contributed by atoms with Crippen LogP contribution in [0.15, 0.2) is 48.5 Å². The van der Waals surface area contributed by atoms with Crippen molar-refractivity contribution in [3.05, 3.63) is 55.3 Å². The highest BCUT2D eigenvalue weighted by molar-refractivity contribution is 5.67.